The van der Waals surface area contributed by atoms with Crippen LogP contribution in [0.25, 0.3) is 11.1 Å². The lowest BCUT2D eigenvalue weighted by Crippen LogP contribution is -2.68. The molecule has 33 heteroatoms. The molecule has 0 saturated carbocycles. The lowest BCUT2D eigenvalue weighted by molar-refractivity contribution is -0.171. The summed E-state index contributed by atoms with van der Waals surface area (Å²) in [6.07, 6.45) is -9.70. The average Bonchev–Trinajstić information content (AvgIpc) is 1.55. The number of β-amino-alcohol motifs (C(OH)–C–C–N with tert-alkyl or cyclic N) is 1. The van der Waals surface area contributed by atoms with Gasteiger partial charge in [-0.05, 0) is 110 Å². The number of amides is 11. The molecule has 0 radical (unpaired) electrons. The molecule has 2 aromatic rings. The number of rotatable bonds is 11. The van der Waals surface area contributed by atoms with Gasteiger partial charge in [0.2, 0.25) is 53.2 Å². The van der Waals surface area contributed by atoms with Crippen LogP contribution in [0.5, 0.6) is 0 Å². The van der Waals surface area contributed by atoms with Gasteiger partial charge < -0.3 is 87.9 Å². The number of hydrogen-bond donors (Lipinski definition) is 16. The smallest absolute Gasteiger partial charge is 0.329 e. The van der Waals surface area contributed by atoms with Crippen LogP contribution in [0.1, 0.15) is 153 Å². The topological polar surface area (TPSA) is 461 Å². The van der Waals surface area contributed by atoms with E-state index in [0.29, 0.717) is 17.5 Å². The Labute approximate surface area is 609 Å². The first-order chi connectivity index (χ1) is 49.3. The van der Waals surface area contributed by atoms with E-state index in [-0.39, 0.29) is 73.1 Å². The van der Waals surface area contributed by atoms with Crippen molar-refractivity contribution < 1.29 is 87.8 Å². The Kier molecular flexibility index (Phi) is 23.4. The molecule has 8 aliphatic rings. The number of carbonyl (C=O) groups is 12. The van der Waals surface area contributed by atoms with Crippen LogP contribution >= 0.6 is 0 Å². The molecular weight excluding hydrogens is 1360 g/mol. The summed E-state index contributed by atoms with van der Waals surface area (Å²) in [6, 6.07) is -6.76. The third-order valence-electron chi connectivity index (χ3n) is 21.3. The van der Waals surface area contributed by atoms with Gasteiger partial charge in [0.15, 0.2) is 6.10 Å². The molecule has 8 aliphatic heterocycles. The third kappa shape index (κ3) is 15.5. The first kappa shape index (κ1) is 79.0. The van der Waals surface area contributed by atoms with Crippen molar-refractivity contribution in [1.29, 1.82) is 0 Å². The predicted octanol–water partition coefficient (Wildman–Crippen LogP) is -1.79. The second-order valence-corrected chi connectivity index (χ2v) is 31.8. The number of aliphatic hydroxyl groups excluding tert-OH is 3. The molecule has 0 spiro atoms. The molecule has 11 amide bonds. The highest BCUT2D eigenvalue weighted by Crippen LogP contribution is 2.53. The Morgan fingerprint density at radius 1 is 0.457 bits per heavy atom. The highest BCUT2D eigenvalue weighted by molar-refractivity contribution is 6.01. The summed E-state index contributed by atoms with van der Waals surface area (Å²) < 4.78 is 5.98. The third-order valence-corrected chi connectivity index (χ3v) is 21.3. The first-order valence-corrected chi connectivity index (χ1v) is 36.7. The Balaban J connectivity index is 1.01. The molecule has 33 nitrogen and oxygen atoms in total. The minimum atomic E-state index is -2.18. The van der Waals surface area contributed by atoms with Gasteiger partial charge >= 0.3 is 5.97 Å². The molecule has 19 atom stereocenters. The summed E-state index contributed by atoms with van der Waals surface area (Å²) in [7, 11) is 0. The standard InChI is InChI=1S/C72H105N15O18/c1-30(2)22-45-57(91)82-55(37(14)89)65(99)85-50(62(96)81-53(34(9)10)68(102)105-56(35(11)12)67(101)86-47(59(93)75-45)16-15-21-73-86)28-72(104)42-25-39(18-20-44(42)78-70(72)85)38-17-19-43-41(24-38)71(103)27-49-61(95)79-51(32(5)6)63(97)80-52(33(7)8)66(100)87-48(26-40(90)29-74-87)60(94)76-46(23-31(3)4)58(92)83-54(36(13)88)64(98)84(49)69(71)77-43/h17-20,24-25,30-37,40,45-56,69-70,73-74,77-78,88-90,103-104H,15-16,21-23,26-29H2,1-14H3,(H,75,93)(H,76,94)(H,79,95)(H,80,97)(H,81,96)(H,82,91)(H,83,92)/t36-,37-,40+,45-,46-,47+,48+,49-,50-,51+,52-,53+,54+,55+,56-,69-,70-,71+,72+/m0/s1. The van der Waals surface area contributed by atoms with Crippen molar-refractivity contribution in [3.05, 3.63) is 47.5 Å². The number of hydrazine groups is 2. The van der Waals surface area contributed by atoms with E-state index in [4.69, 9.17) is 4.74 Å². The number of aliphatic hydroxyl groups is 5. The number of nitrogens with zero attached hydrogens (tertiary/aromatic N) is 4. The van der Waals surface area contributed by atoms with Gasteiger partial charge in [-0.3, -0.25) is 62.8 Å². The van der Waals surface area contributed by atoms with E-state index in [9.17, 15) is 63.9 Å². The van der Waals surface area contributed by atoms with Crippen LogP contribution in [-0.2, 0) is 73.5 Å². The molecule has 2 aromatic carbocycles. The van der Waals surface area contributed by atoms with Gasteiger partial charge in [-0.25, -0.2) is 15.6 Å². The summed E-state index contributed by atoms with van der Waals surface area (Å²) >= 11 is 0. The number of fused-ring (bicyclic) bond motifs is 12. The molecule has 10 rings (SSSR count). The minimum absolute atomic E-state index is 0.0159. The normalized spacial score (nSPS) is 33.2. The number of cyclic esters (lactones) is 1. The van der Waals surface area contributed by atoms with Gasteiger partial charge in [0.05, 0.1) is 18.3 Å². The first-order valence-electron chi connectivity index (χ1n) is 36.7. The monoisotopic (exact) mass is 1470 g/mol. The molecule has 0 unspecified atom stereocenters. The quantitative estimate of drug-likeness (QED) is 0.110. The minimum Gasteiger partial charge on any atom is -0.450 e. The molecule has 576 valence electrons. The van der Waals surface area contributed by atoms with Crippen LogP contribution in [0.3, 0.4) is 0 Å². The van der Waals surface area contributed by atoms with E-state index in [1.165, 1.54) is 13.8 Å². The second-order valence-electron chi connectivity index (χ2n) is 31.8. The maximum absolute atomic E-state index is 15.6. The van der Waals surface area contributed by atoms with E-state index in [1.807, 2.05) is 0 Å². The summed E-state index contributed by atoms with van der Waals surface area (Å²) in [4.78, 5) is 180. The van der Waals surface area contributed by atoms with Crippen molar-refractivity contribution in [3.8, 4) is 11.1 Å². The fraction of sp³-hybridized carbons (Fsp3) is 0.667. The van der Waals surface area contributed by atoms with Gasteiger partial charge in [-0.1, -0.05) is 95.2 Å². The van der Waals surface area contributed by atoms with Gasteiger partial charge in [0, 0.05) is 54.9 Å². The van der Waals surface area contributed by atoms with E-state index >= 15 is 19.2 Å². The maximum atomic E-state index is 15.6. The van der Waals surface area contributed by atoms with Gasteiger partial charge in [-0.15, -0.1) is 0 Å². The van der Waals surface area contributed by atoms with Crippen molar-refractivity contribution in [3.63, 3.8) is 0 Å². The van der Waals surface area contributed by atoms with Gasteiger partial charge in [-0.2, -0.15) is 0 Å². The Hall–Kier alpha value is -8.60. The van der Waals surface area contributed by atoms with Crippen LogP contribution in [0, 0.1) is 35.5 Å². The van der Waals surface area contributed by atoms with Crippen molar-refractivity contribution in [2.24, 2.45) is 35.5 Å². The molecule has 0 aromatic heterocycles. The highest BCUT2D eigenvalue weighted by atomic mass is 16.6. The highest BCUT2D eigenvalue weighted by Gasteiger charge is 2.64. The molecular formula is C72H105N15O18. The molecule has 8 heterocycles. The number of ether oxygens (including phenoxy) is 1. The van der Waals surface area contributed by atoms with Crippen molar-refractivity contribution in [1.82, 2.24) is 67.9 Å². The SMILES string of the molecule is CC(C)C[C@@H]1NC(=O)[C@H]2C[C@@H](O)CNN2C(=O)[C@H](C(C)C)NC(=O)[C@@H](C(C)C)NC(=O)[C@@H]2C[C@@]3(O)c4cc(-c5ccc6c(c5)[C@]5(O)C[C@H]7C(=O)N[C@H](C(C)C)C(=O)O[C@@H](C(C)C)C(=O)N8NCCC[C@@H]8C(=O)N[C@@H](CC(C)C)C(=O)N[C@H]([C@H](C)O)C(=O)N7[C@@H]5N6)ccc4N[C@H]3N2C(=O)[C@@H]([C@H](C)O)NC1=O. The molecule has 6 fully saturated rings. The maximum Gasteiger partial charge on any atom is 0.329 e. The number of hydrogen-bond acceptors (Lipinski definition) is 22. The van der Waals surface area contributed by atoms with Crippen molar-refractivity contribution in [2.75, 3.05) is 23.7 Å². The molecule has 16 N–H and O–H groups in total. The summed E-state index contributed by atoms with van der Waals surface area (Å²) in [5, 5.41) is 88.1. The molecule has 0 bridgehead atoms. The summed E-state index contributed by atoms with van der Waals surface area (Å²) in [6.45, 7) is 22.9. The fourth-order valence-corrected chi connectivity index (χ4v) is 15.7. The Morgan fingerprint density at radius 3 is 1.31 bits per heavy atom. The van der Waals surface area contributed by atoms with Gasteiger partial charge in [0.25, 0.3) is 11.8 Å². The van der Waals surface area contributed by atoms with Crippen LogP contribution in [-0.4, -0.2) is 233 Å². The zero-order valence-corrected chi connectivity index (χ0v) is 61.9. The van der Waals surface area contributed by atoms with Crippen molar-refractivity contribution in [2.45, 2.75) is 256 Å². The lowest BCUT2D eigenvalue weighted by Gasteiger charge is -2.40. The number of benzene rings is 2. The zero-order valence-electron chi connectivity index (χ0n) is 61.9. The van der Waals surface area contributed by atoms with E-state index in [0.717, 1.165) is 19.8 Å². The van der Waals surface area contributed by atoms with E-state index in [2.05, 4.69) is 58.7 Å². The Morgan fingerprint density at radius 2 is 0.876 bits per heavy atom. The largest absolute Gasteiger partial charge is 0.450 e. The zero-order chi connectivity index (χ0) is 77.1. The second kappa shape index (κ2) is 31.1. The number of nitrogens with one attached hydrogen (secondary N) is 11. The van der Waals surface area contributed by atoms with Crippen molar-refractivity contribution >= 4 is 82.3 Å². The number of anilines is 2. The fourth-order valence-electron chi connectivity index (χ4n) is 15.7. The van der Waals surface area contributed by atoms with E-state index < -0.39 is 222 Å². The van der Waals surface area contributed by atoms with Crippen LogP contribution < -0.4 is 58.7 Å². The number of carbonyl (C=O) groups excluding carboxylic acids is 12. The van der Waals surface area contributed by atoms with Crippen LogP contribution in [0.2, 0.25) is 0 Å². The molecule has 6 saturated heterocycles. The predicted molar refractivity (Wildman–Crippen MR) is 377 cm³/mol. The van der Waals surface area contributed by atoms with Crippen LogP contribution in [0.15, 0.2) is 36.4 Å². The summed E-state index contributed by atoms with van der Waals surface area (Å²) in [5.41, 5.74) is 3.04. The molecule has 105 heavy (non-hydrogen) atoms. The lowest BCUT2D eigenvalue weighted by atomic mass is 9.86. The van der Waals surface area contributed by atoms with Crippen LogP contribution in [0.4, 0.5) is 11.4 Å². The summed E-state index contributed by atoms with van der Waals surface area (Å²) in [5.74, 6) is -13.8. The Bertz CT molecular complexity index is 3720. The molecule has 0 aliphatic carbocycles. The van der Waals surface area contributed by atoms with Gasteiger partial charge in [0.1, 0.15) is 90.0 Å². The number of esters is 1. The average molecular weight is 1470 g/mol. The van der Waals surface area contributed by atoms with E-state index in [1.54, 1.807) is 119 Å².